The molecule has 0 saturated carbocycles. The Bertz CT molecular complexity index is 1180. The van der Waals surface area contributed by atoms with E-state index in [0.29, 0.717) is 0 Å². The van der Waals surface area contributed by atoms with Crippen LogP contribution in [0.15, 0.2) is 29.1 Å². The number of unbranched alkanes of at least 4 members (excludes halogenated alkanes) is 1. The first-order chi connectivity index (χ1) is 16.6. The summed E-state index contributed by atoms with van der Waals surface area (Å²) in [7, 11) is 2.02. The van der Waals surface area contributed by atoms with Crippen LogP contribution in [-0.2, 0) is 25.7 Å². The second-order valence-electron chi connectivity index (χ2n) is 9.87. The standard InChI is InChI=1S/C20H29N3.C9H11NO/c1-14-12-15(2)19-18(13-14)23-17-9-5-4-8-16(17)20(19)22-11-7-6-10-21-3;11-9-6-5-7-3-1-2-4-8(7)10-9/h12-13,21H,4-11H2,1-3H3,(H,22,23);5-6H,1-4H2,(H,10,11). The van der Waals surface area contributed by atoms with Gasteiger partial charge in [0.05, 0.1) is 5.52 Å². The van der Waals surface area contributed by atoms with Gasteiger partial charge in [0.2, 0.25) is 5.56 Å². The van der Waals surface area contributed by atoms with E-state index in [9.17, 15) is 4.79 Å². The van der Waals surface area contributed by atoms with Crippen LogP contribution in [0.2, 0.25) is 0 Å². The fourth-order valence-corrected chi connectivity index (χ4v) is 5.39. The van der Waals surface area contributed by atoms with Crippen LogP contribution in [0.4, 0.5) is 5.69 Å². The van der Waals surface area contributed by atoms with Gasteiger partial charge in [-0.25, -0.2) is 0 Å². The van der Waals surface area contributed by atoms with E-state index in [1.165, 1.54) is 89.5 Å². The zero-order valence-electron chi connectivity index (χ0n) is 21.2. The lowest BCUT2D eigenvalue weighted by atomic mass is 9.91. The quantitative estimate of drug-likeness (QED) is 0.431. The Morgan fingerprint density at radius 3 is 2.56 bits per heavy atom. The van der Waals surface area contributed by atoms with E-state index < -0.39 is 0 Å². The molecular weight excluding hydrogens is 420 g/mol. The smallest absolute Gasteiger partial charge is 0.248 e. The SMILES string of the molecule is CNCCCCNc1c2c(nc3cc(C)cc(C)c13)CCCC2.O=c1ccc2c([nH]1)CCCC2. The molecule has 2 aromatic heterocycles. The Kier molecular flexibility index (Phi) is 8.39. The number of nitrogens with zero attached hydrogens (tertiary/aromatic N) is 1. The number of fused-ring (bicyclic) bond motifs is 3. The number of H-pyrrole nitrogens is 1. The van der Waals surface area contributed by atoms with E-state index in [2.05, 4.69) is 41.6 Å². The zero-order chi connectivity index (χ0) is 23.9. The number of pyridine rings is 2. The summed E-state index contributed by atoms with van der Waals surface area (Å²) < 4.78 is 0. The van der Waals surface area contributed by atoms with E-state index in [4.69, 9.17) is 4.98 Å². The molecule has 0 spiro atoms. The fraction of sp³-hybridized carbons (Fsp3) is 0.517. The van der Waals surface area contributed by atoms with Crippen molar-refractivity contribution in [2.45, 2.75) is 78.1 Å². The Balaban J connectivity index is 0.000000207. The molecule has 0 bridgehead atoms. The largest absolute Gasteiger partial charge is 0.384 e. The molecule has 5 rings (SSSR count). The van der Waals surface area contributed by atoms with Gasteiger partial charge >= 0.3 is 0 Å². The van der Waals surface area contributed by atoms with Gasteiger partial charge < -0.3 is 15.6 Å². The van der Waals surface area contributed by atoms with Crippen LogP contribution >= 0.6 is 0 Å². The van der Waals surface area contributed by atoms with Gasteiger partial charge in [0.1, 0.15) is 0 Å². The van der Waals surface area contributed by atoms with Crippen molar-refractivity contribution in [1.82, 2.24) is 15.3 Å². The predicted octanol–water partition coefficient (Wildman–Crippen LogP) is 5.40. The van der Waals surface area contributed by atoms with Gasteiger partial charge in [0, 0.05) is 35.1 Å². The molecule has 0 unspecified atom stereocenters. The number of aromatic nitrogens is 2. The lowest BCUT2D eigenvalue weighted by Gasteiger charge is -2.23. The van der Waals surface area contributed by atoms with Crippen molar-refractivity contribution in [3.8, 4) is 0 Å². The third kappa shape index (κ3) is 5.87. The van der Waals surface area contributed by atoms with E-state index >= 15 is 0 Å². The van der Waals surface area contributed by atoms with Crippen LogP contribution in [-0.4, -0.2) is 30.1 Å². The Hall–Kier alpha value is -2.66. The molecule has 0 fully saturated rings. The molecule has 2 heterocycles. The summed E-state index contributed by atoms with van der Waals surface area (Å²) in [5.74, 6) is 0. The first-order valence-corrected chi connectivity index (χ1v) is 13.1. The highest BCUT2D eigenvalue weighted by Crippen LogP contribution is 2.35. The average molecular weight is 461 g/mol. The summed E-state index contributed by atoms with van der Waals surface area (Å²) >= 11 is 0. The van der Waals surface area contributed by atoms with Crippen LogP contribution in [0.25, 0.3) is 10.9 Å². The molecule has 1 aromatic carbocycles. The Morgan fingerprint density at radius 1 is 0.941 bits per heavy atom. The normalized spacial score (nSPS) is 14.7. The van der Waals surface area contributed by atoms with Gasteiger partial charge in [-0.05, 0) is 120 Å². The van der Waals surface area contributed by atoms with Crippen molar-refractivity contribution in [2.24, 2.45) is 0 Å². The molecular formula is C29H40N4O. The van der Waals surface area contributed by atoms with Gasteiger partial charge in [0.25, 0.3) is 0 Å². The van der Waals surface area contributed by atoms with E-state index in [1.54, 1.807) is 6.07 Å². The first-order valence-electron chi connectivity index (χ1n) is 13.1. The van der Waals surface area contributed by atoms with Crippen molar-refractivity contribution in [3.05, 3.63) is 68.3 Å². The Morgan fingerprint density at radius 2 is 1.71 bits per heavy atom. The molecule has 0 atom stereocenters. The van der Waals surface area contributed by atoms with Gasteiger partial charge in [-0.15, -0.1) is 0 Å². The third-order valence-electron chi connectivity index (χ3n) is 7.08. The summed E-state index contributed by atoms with van der Waals surface area (Å²) in [6.07, 6.45) is 11.9. The number of hydrogen-bond donors (Lipinski definition) is 3. The molecule has 182 valence electrons. The third-order valence-corrected chi connectivity index (χ3v) is 7.08. The second kappa shape index (κ2) is 11.7. The van der Waals surface area contributed by atoms with E-state index in [-0.39, 0.29) is 5.56 Å². The number of nitrogens with one attached hydrogen (secondary N) is 3. The highest BCUT2D eigenvalue weighted by molar-refractivity contribution is 5.96. The van der Waals surface area contributed by atoms with E-state index in [0.717, 1.165) is 38.0 Å². The summed E-state index contributed by atoms with van der Waals surface area (Å²) in [6.45, 7) is 6.52. The number of hydrogen-bond acceptors (Lipinski definition) is 4. The molecule has 0 aliphatic heterocycles. The minimum atomic E-state index is 0.0330. The molecule has 34 heavy (non-hydrogen) atoms. The number of anilines is 1. The number of rotatable bonds is 6. The fourth-order valence-electron chi connectivity index (χ4n) is 5.39. The van der Waals surface area contributed by atoms with Crippen molar-refractivity contribution < 1.29 is 0 Å². The molecule has 5 heteroatoms. The van der Waals surface area contributed by atoms with Crippen LogP contribution in [0, 0.1) is 13.8 Å². The summed E-state index contributed by atoms with van der Waals surface area (Å²) in [5, 5.41) is 8.33. The first kappa shape index (κ1) is 24.5. The monoisotopic (exact) mass is 460 g/mol. The number of aryl methyl sites for hydroxylation is 5. The van der Waals surface area contributed by atoms with E-state index in [1.807, 2.05) is 13.1 Å². The van der Waals surface area contributed by atoms with Crippen LogP contribution in [0.5, 0.6) is 0 Å². The maximum absolute atomic E-state index is 10.9. The maximum Gasteiger partial charge on any atom is 0.248 e. The van der Waals surface area contributed by atoms with Crippen LogP contribution < -0.4 is 16.2 Å². The van der Waals surface area contributed by atoms with Crippen LogP contribution in [0.1, 0.15) is 72.2 Å². The van der Waals surface area contributed by atoms with Crippen molar-refractivity contribution in [3.63, 3.8) is 0 Å². The predicted molar refractivity (Wildman–Crippen MR) is 143 cm³/mol. The number of benzene rings is 1. The summed E-state index contributed by atoms with van der Waals surface area (Å²) in [5.41, 5.74) is 10.5. The minimum Gasteiger partial charge on any atom is -0.384 e. The highest BCUT2D eigenvalue weighted by atomic mass is 16.1. The molecule has 2 aliphatic rings. The average Bonchev–Trinajstić information content (AvgIpc) is 2.83. The van der Waals surface area contributed by atoms with Gasteiger partial charge in [-0.1, -0.05) is 12.1 Å². The molecule has 0 saturated heterocycles. The van der Waals surface area contributed by atoms with Crippen molar-refractivity contribution >= 4 is 16.6 Å². The van der Waals surface area contributed by atoms with Crippen LogP contribution in [0.3, 0.4) is 0 Å². The second-order valence-corrected chi connectivity index (χ2v) is 9.87. The van der Waals surface area contributed by atoms with Crippen molar-refractivity contribution in [2.75, 3.05) is 25.5 Å². The minimum absolute atomic E-state index is 0.0330. The van der Waals surface area contributed by atoms with Crippen molar-refractivity contribution in [1.29, 1.82) is 0 Å². The Labute approximate surface area is 203 Å². The maximum atomic E-state index is 10.9. The highest BCUT2D eigenvalue weighted by Gasteiger charge is 2.19. The molecule has 3 aromatic rings. The molecule has 5 nitrogen and oxygen atoms in total. The lowest BCUT2D eigenvalue weighted by molar-refractivity contribution is 0.665. The summed E-state index contributed by atoms with van der Waals surface area (Å²) in [6, 6.07) is 8.09. The topological polar surface area (TPSA) is 69.8 Å². The van der Waals surface area contributed by atoms with Gasteiger partial charge in [0.15, 0.2) is 0 Å². The van der Waals surface area contributed by atoms with Gasteiger partial charge in [-0.2, -0.15) is 0 Å². The lowest BCUT2D eigenvalue weighted by Crippen LogP contribution is -2.14. The zero-order valence-corrected chi connectivity index (χ0v) is 21.2. The molecule has 3 N–H and O–H groups in total. The number of aromatic amines is 1. The van der Waals surface area contributed by atoms with Gasteiger partial charge in [-0.3, -0.25) is 9.78 Å². The molecule has 0 amide bonds. The molecule has 0 radical (unpaired) electrons. The molecule has 2 aliphatic carbocycles. The summed E-state index contributed by atoms with van der Waals surface area (Å²) in [4.78, 5) is 18.8.